The van der Waals surface area contributed by atoms with Gasteiger partial charge in [0.1, 0.15) is 18.1 Å². The third kappa shape index (κ3) is 2.55. The van der Waals surface area contributed by atoms with Gasteiger partial charge in [0.15, 0.2) is 0 Å². The number of nitro groups is 1. The molecule has 8 nitrogen and oxygen atoms in total. The van der Waals surface area contributed by atoms with E-state index in [-0.39, 0.29) is 11.8 Å². The average molecular weight is 281 g/mol. The first-order valence-corrected chi connectivity index (χ1v) is 6.07. The summed E-state index contributed by atoms with van der Waals surface area (Å²) in [7, 11) is 1.53. The van der Waals surface area contributed by atoms with Crippen LogP contribution in [0.4, 0.5) is 11.5 Å². The number of aliphatic carboxylic acids is 1. The summed E-state index contributed by atoms with van der Waals surface area (Å²) >= 11 is 0. The van der Waals surface area contributed by atoms with Crippen LogP contribution in [0.3, 0.4) is 0 Å². The topological polar surface area (TPSA) is 106 Å². The number of carbonyl (C=O) groups is 1. The van der Waals surface area contributed by atoms with E-state index in [1.807, 2.05) is 0 Å². The number of aryl methyl sites for hydroxylation is 1. The number of pyridine rings is 1. The molecule has 0 saturated carbocycles. The first-order valence-electron chi connectivity index (χ1n) is 6.07. The maximum atomic E-state index is 11.3. The minimum atomic E-state index is -0.955. The number of aromatic nitrogens is 1. The van der Waals surface area contributed by atoms with Crippen LogP contribution in [-0.4, -0.2) is 46.8 Å². The van der Waals surface area contributed by atoms with Crippen LogP contribution < -0.4 is 4.90 Å². The van der Waals surface area contributed by atoms with Gasteiger partial charge in [0.25, 0.3) is 5.69 Å². The van der Waals surface area contributed by atoms with Crippen molar-refractivity contribution in [2.24, 2.45) is 0 Å². The Labute approximate surface area is 115 Å². The van der Waals surface area contributed by atoms with Gasteiger partial charge < -0.3 is 14.7 Å². The lowest BCUT2D eigenvalue weighted by atomic mass is 10.2. The Balaban J connectivity index is 2.34. The van der Waals surface area contributed by atoms with E-state index in [1.54, 1.807) is 11.8 Å². The van der Waals surface area contributed by atoms with Gasteiger partial charge in [-0.15, -0.1) is 0 Å². The summed E-state index contributed by atoms with van der Waals surface area (Å²) < 4.78 is 5.20. The molecule has 0 aromatic carbocycles. The molecule has 1 fully saturated rings. The zero-order chi connectivity index (χ0) is 14.9. The number of hydrogen-bond acceptors (Lipinski definition) is 6. The van der Waals surface area contributed by atoms with E-state index >= 15 is 0 Å². The van der Waals surface area contributed by atoms with Gasteiger partial charge in [0.2, 0.25) is 0 Å². The van der Waals surface area contributed by atoms with Crippen molar-refractivity contribution < 1.29 is 19.6 Å². The van der Waals surface area contributed by atoms with Gasteiger partial charge in [-0.05, 0) is 12.5 Å². The van der Waals surface area contributed by atoms with E-state index in [0.717, 1.165) is 6.20 Å². The number of carboxylic acids is 1. The smallest absolute Gasteiger partial charge is 0.326 e. The highest BCUT2D eigenvalue weighted by atomic mass is 16.6. The van der Waals surface area contributed by atoms with Crippen LogP contribution in [0.25, 0.3) is 0 Å². The summed E-state index contributed by atoms with van der Waals surface area (Å²) in [5.41, 5.74) is 0.461. The summed E-state index contributed by atoms with van der Waals surface area (Å²) in [5.74, 6) is -0.508. The Hall–Kier alpha value is -2.22. The molecule has 0 spiro atoms. The van der Waals surface area contributed by atoms with Crippen LogP contribution in [0.15, 0.2) is 12.3 Å². The standard InChI is InChI=1S/C12H15N3O5/c1-7-3-8(15(18)19)5-13-11(7)14-6-9(20-2)4-10(14)12(16)17/h3,5,9-10H,4,6H2,1-2H3,(H,16,17). The van der Waals surface area contributed by atoms with Crippen LogP contribution in [0.2, 0.25) is 0 Å². The number of rotatable bonds is 4. The Morgan fingerprint density at radius 1 is 1.65 bits per heavy atom. The maximum absolute atomic E-state index is 11.3. The van der Waals surface area contributed by atoms with Gasteiger partial charge in [-0.3, -0.25) is 10.1 Å². The average Bonchev–Trinajstić information content (AvgIpc) is 2.82. The molecule has 0 bridgehead atoms. The molecule has 2 atom stereocenters. The number of nitrogens with zero attached hydrogens (tertiary/aromatic N) is 3. The second-order valence-electron chi connectivity index (χ2n) is 4.69. The van der Waals surface area contributed by atoms with Crippen molar-refractivity contribution in [1.82, 2.24) is 4.98 Å². The third-order valence-electron chi connectivity index (χ3n) is 3.40. The summed E-state index contributed by atoms with van der Waals surface area (Å²) in [6.07, 6.45) is 1.32. The lowest BCUT2D eigenvalue weighted by Gasteiger charge is -2.23. The van der Waals surface area contributed by atoms with E-state index in [4.69, 9.17) is 4.74 Å². The van der Waals surface area contributed by atoms with Gasteiger partial charge in [0.05, 0.1) is 11.0 Å². The Morgan fingerprint density at radius 3 is 2.85 bits per heavy atom. The van der Waals surface area contributed by atoms with Crippen LogP contribution in [0, 0.1) is 17.0 Å². The monoisotopic (exact) mass is 281 g/mol. The SMILES string of the molecule is COC1CC(C(=O)O)N(c2ncc([N+](=O)[O-])cc2C)C1. The largest absolute Gasteiger partial charge is 0.480 e. The van der Waals surface area contributed by atoms with Crippen molar-refractivity contribution in [3.63, 3.8) is 0 Å². The number of methoxy groups -OCH3 is 1. The molecule has 0 amide bonds. The highest BCUT2D eigenvalue weighted by Gasteiger charge is 2.38. The fourth-order valence-corrected chi connectivity index (χ4v) is 2.39. The molecule has 2 rings (SSSR count). The fraction of sp³-hybridized carbons (Fsp3) is 0.500. The van der Waals surface area contributed by atoms with Gasteiger partial charge in [-0.2, -0.15) is 0 Å². The van der Waals surface area contributed by atoms with Crippen LogP contribution in [0.5, 0.6) is 0 Å². The minimum Gasteiger partial charge on any atom is -0.480 e. The van der Waals surface area contributed by atoms with Crippen LogP contribution in [0.1, 0.15) is 12.0 Å². The summed E-state index contributed by atoms with van der Waals surface area (Å²) in [4.78, 5) is 27.1. The van der Waals surface area contributed by atoms with Gasteiger partial charge in [-0.1, -0.05) is 0 Å². The molecule has 0 aliphatic carbocycles. The molecule has 1 aliphatic rings. The summed E-state index contributed by atoms with van der Waals surface area (Å²) in [5, 5.41) is 20.0. The number of ether oxygens (including phenoxy) is 1. The first-order chi connectivity index (χ1) is 9.43. The molecule has 108 valence electrons. The Morgan fingerprint density at radius 2 is 2.35 bits per heavy atom. The molecule has 1 aromatic heterocycles. The lowest BCUT2D eigenvalue weighted by molar-refractivity contribution is -0.385. The predicted octanol–water partition coefficient (Wildman–Crippen LogP) is 0.977. The van der Waals surface area contributed by atoms with E-state index in [1.165, 1.54) is 13.2 Å². The van der Waals surface area contributed by atoms with Crippen molar-refractivity contribution in [2.45, 2.75) is 25.5 Å². The maximum Gasteiger partial charge on any atom is 0.326 e. The third-order valence-corrected chi connectivity index (χ3v) is 3.40. The quantitative estimate of drug-likeness (QED) is 0.647. The molecule has 2 heterocycles. The molecule has 20 heavy (non-hydrogen) atoms. The van der Waals surface area contributed by atoms with E-state index in [2.05, 4.69) is 4.98 Å². The summed E-state index contributed by atoms with van der Waals surface area (Å²) in [6, 6.07) is 0.661. The van der Waals surface area contributed by atoms with Crippen molar-refractivity contribution in [3.8, 4) is 0 Å². The molecular formula is C12H15N3O5. The van der Waals surface area contributed by atoms with Gasteiger partial charge in [-0.25, -0.2) is 9.78 Å². The molecule has 1 aliphatic heterocycles. The minimum absolute atomic E-state index is 0.111. The normalized spacial score (nSPS) is 22.0. The Bertz CT molecular complexity index is 548. The highest BCUT2D eigenvalue weighted by molar-refractivity contribution is 5.79. The molecular weight excluding hydrogens is 266 g/mol. The zero-order valence-electron chi connectivity index (χ0n) is 11.1. The van der Waals surface area contributed by atoms with Crippen LogP contribution >= 0.6 is 0 Å². The zero-order valence-corrected chi connectivity index (χ0v) is 11.1. The molecule has 1 aromatic rings. The number of carboxylic acid groups (broad SMARTS) is 1. The molecule has 0 radical (unpaired) electrons. The molecule has 1 saturated heterocycles. The van der Waals surface area contributed by atoms with Crippen molar-refractivity contribution in [2.75, 3.05) is 18.6 Å². The molecule has 1 N–H and O–H groups in total. The molecule has 2 unspecified atom stereocenters. The van der Waals surface area contributed by atoms with Gasteiger partial charge in [0, 0.05) is 26.1 Å². The second-order valence-corrected chi connectivity index (χ2v) is 4.69. The predicted molar refractivity (Wildman–Crippen MR) is 69.8 cm³/mol. The summed E-state index contributed by atoms with van der Waals surface area (Å²) in [6.45, 7) is 2.08. The molecule has 8 heteroatoms. The van der Waals surface area contributed by atoms with Crippen molar-refractivity contribution in [1.29, 1.82) is 0 Å². The van der Waals surface area contributed by atoms with E-state index < -0.39 is 16.9 Å². The Kier molecular flexibility index (Phi) is 3.84. The lowest BCUT2D eigenvalue weighted by Crippen LogP contribution is -2.37. The van der Waals surface area contributed by atoms with Gasteiger partial charge >= 0.3 is 5.97 Å². The van der Waals surface area contributed by atoms with Crippen molar-refractivity contribution in [3.05, 3.63) is 27.9 Å². The van der Waals surface area contributed by atoms with E-state index in [9.17, 15) is 20.0 Å². The second kappa shape index (κ2) is 5.41. The fourth-order valence-electron chi connectivity index (χ4n) is 2.39. The van der Waals surface area contributed by atoms with Crippen LogP contribution in [-0.2, 0) is 9.53 Å². The van der Waals surface area contributed by atoms with Crippen molar-refractivity contribution >= 4 is 17.5 Å². The first kappa shape index (κ1) is 14.2. The number of hydrogen-bond donors (Lipinski definition) is 1. The van der Waals surface area contributed by atoms with E-state index in [0.29, 0.717) is 24.3 Å². The number of anilines is 1. The highest BCUT2D eigenvalue weighted by Crippen LogP contribution is 2.29.